The van der Waals surface area contributed by atoms with Gasteiger partial charge in [-0.15, -0.1) is 11.3 Å². The molecule has 10 heteroatoms. The highest BCUT2D eigenvalue weighted by molar-refractivity contribution is 7.10. The van der Waals surface area contributed by atoms with Crippen LogP contribution in [0.5, 0.6) is 5.75 Å². The van der Waals surface area contributed by atoms with E-state index in [1.165, 1.54) is 48.9 Å². The summed E-state index contributed by atoms with van der Waals surface area (Å²) < 4.78 is 5.16. The number of carbonyl (C=O) groups is 2. The standard InChI is InChI=1S/C22H18N4O5S/c1-31-20-10-9-17(26(29)30)12-16(20)14-23-25-22(28)19(13-18-8-5-11-32-18)24-21(27)15-6-3-2-4-7-15/h2-14H,1H3,(H,24,27)(H,25,28)/b19-13-,23-14?. The highest BCUT2D eigenvalue weighted by Crippen LogP contribution is 2.22. The monoisotopic (exact) mass is 450 g/mol. The third-order valence-corrected chi connectivity index (χ3v) is 4.97. The number of nitro groups is 1. The number of non-ortho nitro benzene ring substituents is 1. The zero-order chi connectivity index (χ0) is 22.9. The Hall–Kier alpha value is -4.31. The van der Waals surface area contributed by atoms with Crippen LogP contribution < -0.4 is 15.5 Å². The third-order valence-electron chi connectivity index (χ3n) is 4.15. The van der Waals surface area contributed by atoms with E-state index >= 15 is 0 Å². The normalized spacial score (nSPS) is 11.2. The van der Waals surface area contributed by atoms with Gasteiger partial charge in [-0.1, -0.05) is 24.3 Å². The van der Waals surface area contributed by atoms with Gasteiger partial charge in [0.1, 0.15) is 11.4 Å². The number of carbonyl (C=O) groups excluding carboxylic acids is 2. The molecule has 162 valence electrons. The first-order valence-electron chi connectivity index (χ1n) is 9.25. The van der Waals surface area contributed by atoms with Crippen molar-refractivity contribution < 1.29 is 19.2 Å². The summed E-state index contributed by atoms with van der Waals surface area (Å²) in [4.78, 5) is 36.4. The second-order valence-corrected chi connectivity index (χ2v) is 7.26. The van der Waals surface area contributed by atoms with E-state index in [4.69, 9.17) is 4.74 Å². The molecule has 0 aliphatic rings. The van der Waals surface area contributed by atoms with Crippen molar-refractivity contribution in [1.82, 2.24) is 10.7 Å². The van der Waals surface area contributed by atoms with Crippen LogP contribution in [-0.4, -0.2) is 30.1 Å². The summed E-state index contributed by atoms with van der Waals surface area (Å²) in [5.74, 6) is -0.767. The second kappa shape index (κ2) is 10.6. The first-order valence-corrected chi connectivity index (χ1v) is 10.1. The second-order valence-electron chi connectivity index (χ2n) is 6.28. The van der Waals surface area contributed by atoms with Crippen LogP contribution in [0.4, 0.5) is 5.69 Å². The fraction of sp³-hybridized carbons (Fsp3) is 0.0455. The molecule has 0 spiro atoms. The number of thiophene rings is 1. The number of hydrazone groups is 1. The zero-order valence-corrected chi connectivity index (χ0v) is 17.7. The maximum atomic E-state index is 12.7. The summed E-state index contributed by atoms with van der Waals surface area (Å²) in [5, 5.41) is 19.3. The Balaban J connectivity index is 1.79. The van der Waals surface area contributed by atoms with Crippen molar-refractivity contribution in [2.75, 3.05) is 7.11 Å². The minimum atomic E-state index is -0.664. The van der Waals surface area contributed by atoms with Crippen LogP contribution in [0, 0.1) is 10.1 Å². The van der Waals surface area contributed by atoms with Gasteiger partial charge in [0, 0.05) is 28.1 Å². The molecular formula is C22H18N4O5S. The largest absolute Gasteiger partial charge is 0.496 e. The van der Waals surface area contributed by atoms with Crippen LogP contribution in [-0.2, 0) is 4.79 Å². The maximum absolute atomic E-state index is 12.7. The summed E-state index contributed by atoms with van der Waals surface area (Å²) in [7, 11) is 1.41. The SMILES string of the molecule is COc1ccc([N+](=O)[O-])cc1C=NNC(=O)/C(=C/c1cccs1)NC(=O)c1ccccc1. The topological polar surface area (TPSA) is 123 Å². The van der Waals surface area contributed by atoms with Crippen LogP contribution in [0.25, 0.3) is 6.08 Å². The summed E-state index contributed by atoms with van der Waals surface area (Å²) in [5.41, 5.74) is 2.87. The number of nitro benzene ring substituents is 1. The molecule has 0 aliphatic carbocycles. The molecule has 9 nitrogen and oxygen atoms in total. The molecule has 3 aromatic rings. The average molecular weight is 450 g/mol. The first kappa shape index (κ1) is 22.4. The van der Waals surface area contributed by atoms with E-state index in [0.29, 0.717) is 16.9 Å². The van der Waals surface area contributed by atoms with E-state index in [1.54, 1.807) is 36.4 Å². The molecule has 1 aromatic heterocycles. The molecule has 2 aromatic carbocycles. The molecule has 0 saturated heterocycles. The van der Waals surface area contributed by atoms with Gasteiger partial charge < -0.3 is 10.1 Å². The van der Waals surface area contributed by atoms with Crippen molar-refractivity contribution >= 4 is 41.1 Å². The van der Waals surface area contributed by atoms with Gasteiger partial charge in [-0.2, -0.15) is 5.10 Å². The molecule has 2 N–H and O–H groups in total. The van der Waals surface area contributed by atoms with E-state index in [0.717, 1.165) is 4.88 Å². The number of ether oxygens (including phenoxy) is 1. The number of amides is 2. The number of methoxy groups -OCH3 is 1. The van der Waals surface area contributed by atoms with E-state index < -0.39 is 16.7 Å². The first-order chi connectivity index (χ1) is 15.5. The van der Waals surface area contributed by atoms with Gasteiger partial charge in [0.05, 0.1) is 18.2 Å². The number of rotatable bonds is 8. The number of nitrogens with one attached hydrogen (secondary N) is 2. The predicted molar refractivity (Wildman–Crippen MR) is 122 cm³/mol. The molecule has 0 atom stereocenters. The van der Waals surface area contributed by atoms with Crippen molar-refractivity contribution in [3.8, 4) is 5.75 Å². The Morgan fingerprint density at radius 2 is 1.91 bits per heavy atom. The molecule has 0 saturated carbocycles. The highest BCUT2D eigenvalue weighted by atomic mass is 32.1. The molecule has 32 heavy (non-hydrogen) atoms. The zero-order valence-electron chi connectivity index (χ0n) is 16.8. The fourth-order valence-electron chi connectivity index (χ4n) is 2.61. The summed E-state index contributed by atoms with van der Waals surface area (Å²) in [6.45, 7) is 0. The van der Waals surface area contributed by atoms with Crippen LogP contribution in [0.3, 0.4) is 0 Å². The van der Waals surface area contributed by atoms with Crippen LogP contribution in [0.2, 0.25) is 0 Å². The fourth-order valence-corrected chi connectivity index (χ4v) is 3.27. The Morgan fingerprint density at radius 1 is 1.12 bits per heavy atom. The van der Waals surface area contributed by atoms with E-state index in [-0.39, 0.29) is 11.4 Å². The quantitative estimate of drug-likeness (QED) is 0.235. The van der Waals surface area contributed by atoms with Crippen LogP contribution in [0.15, 0.2) is 76.8 Å². The predicted octanol–water partition coefficient (Wildman–Crippen LogP) is 3.59. The lowest BCUT2D eigenvalue weighted by atomic mass is 10.2. The van der Waals surface area contributed by atoms with Gasteiger partial charge in [0.25, 0.3) is 17.5 Å². The van der Waals surface area contributed by atoms with Crippen molar-refractivity contribution in [3.63, 3.8) is 0 Å². The Morgan fingerprint density at radius 3 is 2.56 bits per heavy atom. The highest BCUT2D eigenvalue weighted by Gasteiger charge is 2.15. The molecule has 0 fully saturated rings. The summed E-state index contributed by atoms with van der Waals surface area (Å²) in [6.07, 6.45) is 2.76. The number of hydrogen-bond acceptors (Lipinski definition) is 7. The van der Waals surface area contributed by atoms with Crippen molar-refractivity contribution in [1.29, 1.82) is 0 Å². The summed E-state index contributed by atoms with van der Waals surface area (Å²) in [6, 6.07) is 16.1. The Bertz CT molecular complexity index is 1170. The maximum Gasteiger partial charge on any atom is 0.287 e. The van der Waals surface area contributed by atoms with Gasteiger partial charge >= 0.3 is 0 Å². The average Bonchev–Trinajstić information content (AvgIpc) is 3.32. The van der Waals surface area contributed by atoms with Crippen molar-refractivity contribution in [3.05, 3.63) is 97.9 Å². The Labute approximate surface area is 187 Å². The lowest BCUT2D eigenvalue weighted by Crippen LogP contribution is -2.32. The Kier molecular flexibility index (Phi) is 7.44. The lowest BCUT2D eigenvalue weighted by molar-refractivity contribution is -0.384. The molecule has 3 rings (SSSR count). The van der Waals surface area contributed by atoms with Crippen molar-refractivity contribution in [2.24, 2.45) is 5.10 Å². The molecule has 0 unspecified atom stereocenters. The molecule has 0 bridgehead atoms. The van der Waals surface area contributed by atoms with Crippen LogP contribution >= 0.6 is 11.3 Å². The minimum absolute atomic E-state index is 0.00976. The smallest absolute Gasteiger partial charge is 0.287 e. The van der Waals surface area contributed by atoms with Gasteiger partial charge in [-0.3, -0.25) is 19.7 Å². The van der Waals surface area contributed by atoms with Crippen LogP contribution in [0.1, 0.15) is 20.8 Å². The van der Waals surface area contributed by atoms with Gasteiger partial charge in [0.2, 0.25) is 0 Å². The van der Waals surface area contributed by atoms with Crippen molar-refractivity contribution in [2.45, 2.75) is 0 Å². The van der Waals surface area contributed by atoms with E-state index in [9.17, 15) is 19.7 Å². The third kappa shape index (κ3) is 5.86. The van der Waals surface area contributed by atoms with Gasteiger partial charge in [-0.25, -0.2) is 5.43 Å². The number of benzene rings is 2. The molecule has 1 heterocycles. The molecular weight excluding hydrogens is 432 g/mol. The number of nitrogens with zero attached hydrogens (tertiary/aromatic N) is 2. The number of hydrogen-bond donors (Lipinski definition) is 2. The minimum Gasteiger partial charge on any atom is -0.496 e. The molecule has 0 radical (unpaired) electrons. The van der Waals surface area contributed by atoms with Gasteiger partial charge in [0.15, 0.2) is 0 Å². The summed E-state index contributed by atoms with van der Waals surface area (Å²) >= 11 is 1.40. The molecule has 0 aliphatic heterocycles. The van der Waals surface area contributed by atoms with E-state index in [2.05, 4.69) is 15.8 Å². The van der Waals surface area contributed by atoms with E-state index in [1.807, 2.05) is 11.4 Å². The lowest BCUT2D eigenvalue weighted by Gasteiger charge is -2.09. The van der Waals surface area contributed by atoms with Gasteiger partial charge in [-0.05, 0) is 35.7 Å². The molecule has 2 amide bonds.